The van der Waals surface area contributed by atoms with Gasteiger partial charge in [0.15, 0.2) is 12.6 Å². The van der Waals surface area contributed by atoms with Gasteiger partial charge in [0, 0.05) is 6.42 Å². The van der Waals surface area contributed by atoms with Gasteiger partial charge in [-0.3, -0.25) is 4.79 Å². The van der Waals surface area contributed by atoms with E-state index < -0.39 is 86.8 Å². The summed E-state index contributed by atoms with van der Waals surface area (Å²) < 4.78 is 22.7. The van der Waals surface area contributed by atoms with Crippen LogP contribution in [0.4, 0.5) is 0 Å². The van der Waals surface area contributed by atoms with Crippen LogP contribution in [-0.4, -0.2) is 140 Å². The molecule has 446 valence electrons. The highest BCUT2D eigenvalue weighted by atomic mass is 16.7. The van der Waals surface area contributed by atoms with E-state index in [0.29, 0.717) is 6.42 Å². The zero-order valence-corrected chi connectivity index (χ0v) is 47.9. The first-order valence-corrected chi connectivity index (χ1v) is 30.1. The Morgan fingerprint density at radius 1 is 0.474 bits per heavy atom. The molecule has 14 nitrogen and oxygen atoms in total. The molecule has 0 aliphatic carbocycles. The molecule has 1 amide bonds. The number of nitrogens with one attached hydrogen (secondary N) is 1. The fraction of sp³-hybridized carbons (Fsp3) is 0.703. The number of rotatable bonds is 46. The third-order valence-electron chi connectivity index (χ3n) is 14.0. The topological polar surface area (TPSA) is 228 Å². The number of unbranched alkanes of at least 4 members (excludes halogenated alkanes) is 17. The van der Waals surface area contributed by atoms with Crippen LogP contribution >= 0.6 is 0 Å². The Bertz CT molecular complexity index is 1720. The van der Waals surface area contributed by atoms with Crippen molar-refractivity contribution in [1.82, 2.24) is 5.32 Å². The SMILES string of the molecule is CC/C=C\C/C=C\C/C=C\C/C=C\C/C=C\C/C=C\C/C=C\C/C=C\CCCCCCCCCCCCC(=O)NC(COC1OC(CO)C(OC2OC(CO)C(O)C(O)C2O)C(O)C1O)C(O)/C=C/CCCCCCCCC. The third kappa shape index (κ3) is 33.4. The number of carbonyl (C=O) groups is 1. The summed E-state index contributed by atoms with van der Waals surface area (Å²) in [6.45, 7) is 2.62. The Balaban J connectivity index is 1.63. The first kappa shape index (κ1) is 70.8. The summed E-state index contributed by atoms with van der Waals surface area (Å²) in [5, 5.41) is 86.8. The molecule has 2 saturated heterocycles. The van der Waals surface area contributed by atoms with Gasteiger partial charge in [-0.05, 0) is 83.5 Å². The maximum atomic E-state index is 13.2. The quantitative estimate of drug-likeness (QED) is 0.0204. The molecule has 12 atom stereocenters. The monoisotopic (exact) mass is 1100 g/mol. The van der Waals surface area contributed by atoms with E-state index in [2.05, 4.69) is 116 Å². The van der Waals surface area contributed by atoms with Crippen LogP contribution in [0.25, 0.3) is 0 Å². The second-order valence-electron chi connectivity index (χ2n) is 20.7. The smallest absolute Gasteiger partial charge is 0.220 e. The van der Waals surface area contributed by atoms with Crippen molar-refractivity contribution < 1.29 is 64.6 Å². The number of aliphatic hydroxyl groups excluding tert-OH is 8. The second kappa shape index (κ2) is 48.4. The van der Waals surface area contributed by atoms with Gasteiger partial charge in [-0.25, -0.2) is 0 Å². The summed E-state index contributed by atoms with van der Waals surface area (Å²) in [6, 6.07) is -0.922. The van der Waals surface area contributed by atoms with E-state index in [1.165, 1.54) is 64.2 Å². The Morgan fingerprint density at radius 3 is 1.36 bits per heavy atom. The van der Waals surface area contributed by atoms with Crippen LogP contribution in [0, 0.1) is 0 Å². The van der Waals surface area contributed by atoms with E-state index >= 15 is 0 Å². The standard InChI is InChI=1S/C64H107NO13/c1-3-5-7-9-11-13-14-15-16-17-18-19-20-21-22-23-24-25-26-27-28-29-30-31-32-33-34-35-36-37-38-40-42-44-46-48-56(69)65-52(53(68)47-45-43-41-39-12-10-8-6-4-2)51-75-63-61(74)59(72)62(55(50-67)77-63)78-64-60(73)58(71)57(70)54(49-66)76-64/h5,7,11,13,15-16,18-19,21-22,24-25,27-28,30-31,45,47,52-55,57-64,66-68,70-74H,3-4,6,8-10,12,14,17,20,23,26,29,32-44,46,48-51H2,1-2H3,(H,65,69)/b7-5-,13-11-,16-15-,19-18-,22-21-,25-24-,28-27-,31-30-,47-45+. The van der Waals surface area contributed by atoms with Crippen molar-refractivity contribution in [2.75, 3.05) is 19.8 Å². The molecule has 2 heterocycles. The van der Waals surface area contributed by atoms with Crippen LogP contribution in [0.5, 0.6) is 0 Å². The highest BCUT2D eigenvalue weighted by Gasteiger charge is 2.51. The van der Waals surface area contributed by atoms with Gasteiger partial charge in [-0.2, -0.15) is 0 Å². The van der Waals surface area contributed by atoms with Gasteiger partial charge in [0.1, 0.15) is 48.8 Å². The van der Waals surface area contributed by atoms with Gasteiger partial charge in [0.25, 0.3) is 0 Å². The van der Waals surface area contributed by atoms with Gasteiger partial charge < -0.3 is 65.1 Å². The van der Waals surface area contributed by atoms with Crippen molar-refractivity contribution in [3.05, 3.63) is 109 Å². The largest absolute Gasteiger partial charge is 0.394 e. The van der Waals surface area contributed by atoms with Gasteiger partial charge >= 0.3 is 0 Å². The zero-order chi connectivity index (χ0) is 56.7. The van der Waals surface area contributed by atoms with E-state index in [4.69, 9.17) is 18.9 Å². The normalized spacial score (nSPS) is 25.4. The summed E-state index contributed by atoms with van der Waals surface area (Å²) in [6.07, 6.45) is 51.5. The molecule has 2 fully saturated rings. The molecule has 0 bridgehead atoms. The van der Waals surface area contributed by atoms with Crippen LogP contribution in [0.3, 0.4) is 0 Å². The summed E-state index contributed by atoms with van der Waals surface area (Å²) in [7, 11) is 0. The fourth-order valence-electron chi connectivity index (χ4n) is 9.13. The second-order valence-corrected chi connectivity index (χ2v) is 20.7. The average Bonchev–Trinajstić information content (AvgIpc) is 3.44. The lowest BCUT2D eigenvalue weighted by molar-refractivity contribution is -0.359. The molecule has 0 aromatic carbocycles. The first-order chi connectivity index (χ1) is 38.1. The van der Waals surface area contributed by atoms with Crippen molar-refractivity contribution in [2.24, 2.45) is 0 Å². The Kier molecular flexibility index (Phi) is 43.9. The Hall–Kier alpha value is -3.35. The van der Waals surface area contributed by atoms with Crippen molar-refractivity contribution >= 4 is 5.91 Å². The van der Waals surface area contributed by atoms with Crippen LogP contribution in [0.15, 0.2) is 109 Å². The van der Waals surface area contributed by atoms with Crippen LogP contribution in [0.2, 0.25) is 0 Å². The van der Waals surface area contributed by atoms with E-state index in [1.54, 1.807) is 6.08 Å². The maximum Gasteiger partial charge on any atom is 0.220 e. The maximum absolute atomic E-state index is 13.2. The van der Waals surface area contributed by atoms with Crippen molar-refractivity contribution in [1.29, 1.82) is 0 Å². The van der Waals surface area contributed by atoms with Gasteiger partial charge in [0.05, 0.1) is 32.0 Å². The van der Waals surface area contributed by atoms with E-state index in [-0.39, 0.29) is 18.9 Å². The summed E-state index contributed by atoms with van der Waals surface area (Å²) in [4.78, 5) is 13.2. The molecule has 0 saturated carbocycles. The predicted molar refractivity (Wildman–Crippen MR) is 313 cm³/mol. The molecule has 0 aromatic rings. The van der Waals surface area contributed by atoms with Crippen LogP contribution in [0.1, 0.15) is 194 Å². The number of hydrogen-bond donors (Lipinski definition) is 9. The number of amides is 1. The first-order valence-electron chi connectivity index (χ1n) is 30.1. The predicted octanol–water partition coefficient (Wildman–Crippen LogP) is 10.4. The average molecular weight is 1100 g/mol. The highest BCUT2D eigenvalue weighted by molar-refractivity contribution is 5.76. The molecule has 0 spiro atoms. The van der Waals surface area contributed by atoms with Crippen molar-refractivity contribution in [3.63, 3.8) is 0 Å². The molecule has 0 radical (unpaired) electrons. The van der Waals surface area contributed by atoms with E-state index in [0.717, 1.165) is 103 Å². The molecule has 2 aliphatic heterocycles. The van der Waals surface area contributed by atoms with Gasteiger partial charge in [-0.1, -0.05) is 213 Å². The lowest BCUT2D eigenvalue weighted by atomic mass is 9.97. The minimum atomic E-state index is -1.79. The number of carbonyl (C=O) groups excluding carboxylic acids is 1. The molecule has 78 heavy (non-hydrogen) atoms. The molecule has 2 aliphatic rings. The fourth-order valence-corrected chi connectivity index (χ4v) is 9.13. The van der Waals surface area contributed by atoms with Crippen LogP contribution < -0.4 is 5.32 Å². The number of allylic oxidation sites excluding steroid dienone is 17. The lowest BCUT2D eigenvalue weighted by Crippen LogP contribution is -2.65. The van der Waals surface area contributed by atoms with E-state index in [1.807, 2.05) is 6.08 Å². The zero-order valence-electron chi connectivity index (χ0n) is 47.9. The Morgan fingerprint density at radius 2 is 0.885 bits per heavy atom. The number of ether oxygens (including phenoxy) is 4. The molecule has 14 heteroatoms. The minimum Gasteiger partial charge on any atom is -0.394 e. The summed E-state index contributed by atoms with van der Waals surface area (Å²) in [5.74, 6) is -0.252. The molecule has 2 rings (SSSR count). The molecular formula is C64H107NO13. The van der Waals surface area contributed by atoms with E-state index in [9.17, 15) is 45.6 Å². The number of hydrogen-bond acceptors (Lipinski definition) is 13. The minimum absolute atomic E-state index is 0.252. The molecular weight excluding hydrogens is 991 g/mol. The molecule has 9 N–H and O–H groups in total. The Labute approximate surface area is 470 Å². The van der Waals surface area contributed by atoms with Crippen molar-refractivity contribution in [3.8, 4) is 0 Å². The summed E-state index contributed by atoms with van der Waals surface area (Å²) >= 11 is 0. The van der Waals surface area contributed by atoms with Gasteiger partial charge in [0.2, 0.25) is 5.91 Å². The highest BCUT2D eigenvalue weighted by Crippen LogP contribution is 2.30. The molecule has 12 unspecified atom stereocenters. The number of aliphatic hydroxyl groups is 8. The van der Waals surface area contributed by atoms with Crippen molar-refractivity contribution in [2.45, 2.75) is 267 Å². The third-order valence-corrected chi connectivity index (χ3v) is 14.0. The lowest BCUT2D eigenvalue weighted by Gasteiger charge is -2.46. The van der Waals surface area contributed by atoms with Gasteiger partial charge in [-0.15, -0.1) is 0 Å². The van der Waals surface area contributed by atoms with Crippen LogP contribution in [-0.2, 0) is 23.7 Å². The molecule has 0 aromatic heterocycles. The summed E-state index contributed by atoms with van der Waals surface area (Å²) in [5.41, 5.74) is 0.